The highest BCUT2D eigenvalue weighted by atomic mass is 16.6. The van der Waals surface area contributed by atoms with Gasteiger partial charge in [-0.05, 0) is 12.0 Å². The van der Waals surface area contributed by atoms with Crippen LogP contribution in [0.25, 0.3) is 0 Å². The molecule has 1 aromatic carbocycles. The maximum Gasteiger partial charge on any atom is 0.326 e. The second kappa shape index (κ2) is 8.28. The van der Waals surface area contributed by atoms with Gasteiger partial charge in [0.25, 0.3) is 11.6 Å². The Bertz CT molecular complexity index is 721. The zero-order valence-electron chi connectivity index (χ0n) is 13.0. The van der Waals surface area contributed by atoms with Gasteiger partial charge in [-0.15, -0.1) is 0 Å². The molecule has 9 heteroatoms. The predicted octanol–water partition coefficient (Wildman–Crippen LogP) is 1.64. The fourth-order valence-electron chi connectivity index (χ4n) is 1.75. The molecule has 0 aliphatic carbocycles. The van der Waals surface area contributed by atoms with Crippen molar-refractivity contribution in [1.82, 2.24) is 5.32 Å². The summed E-state index contributed by atoms with van der Waals surface area (Å²) in [7, 11) is 0. The van der Waals surface area contributed by atoms with E-state index in [1.54, 1.807) is 19.9 Å². The van der Waals surface area contributed by atoms with Crippen LogP contribution >= 0.6 is 0 Å². The number of benzene rings is 1. The molecule has 1 atom stereocenters. The second-order valence-corrected chi connectivity index (χ2v) is 5.15. The first-order valence-electron chi connectivity index (χ1n) is 6.91. The lowest BCUT2D eigenvalue weighted by atomic mass is 10.0. The summed E-state index contributed by atoms with van der Waals surface area (Å²) in [6, 6.07) is 6.01. The van der Waals surface area contributed by atoms with Gasteiger partial charge in [0.15, 0.2) is 0 Å². The van der Waals surface area contributed by atoms with E-state index in [1.807, 2.05) is 0 Å². The number of hydrogen-bond donors (Lipinski definition) is 3. The van der Waals surface area contributed by atoms with Gasteiger partial charge in [0.2, 0.25) is 0 Å². The van der Waals surface area contributed by atoms with Crippen molar-refractivity contribution in [3.8, 4) is 6.07 Å². The molecule has 1 unspecified atom stereocenters. The first-order valence-corrected chi connectivity index (χ1v) is 6.91. The molecule has 0 spiro atoms. The topological polar surface area (TPSA) is 145 Å². The van der Waals surface area contributed by atoms with Gasteiger partial charge in [-0.2, -0.15) is 5.26 Å². The van der Waals surface area contributed by atoms with Crippen molar-refractivity contribution in [2.75, 3.05) is 5.32 Å². The molecule has 126 valence electrons. The Morgan fingerprint density at radius 2 is 2.08 bits per heavy atom. The zero-order chi connectivity index (χ0) is 18.3. The second-order valence-electron chi connectivity index (χ2n) is 5.15. The van der Waals surface area contributed by atoms with Crippen LogP contribution in [0.4, 0.5) is 11.4 Å². The minimum absolute atomic E-state index is 0.151. The number of aliphatic carboxylic acids is 1. The molecule has 0 fully saturated rings. The number of amides is 1. The molecule has 0 heterocycles. The summed E-state index contributed by atoms with van der Waals surface area (Å²) in [5.74, 6) is -2.42. The van der Waals surface area contributed by atoms with Gasteiger partial charge >= 0.3 is 5.97 Å². The van der Waals surface area contributed by atoms with Crippen LogP contribution in [0.2, 0.25) is 0 Å². The van der Waals surface area contributed by atoms with Crippen LogP contribution < -0.4 is 10.6 Å². The first kappa shape index (κ1) is 18.6. The third kappa shape index (κ3) is 5.10. The summed E-state index contributed by atoms with van der Waals surface area (Å²) in [5.41, 5.74) is -0.195. The number of nitriles is 1. The van der Waals surface area contributed by atoms with Gasteiger partial charge in [0, 0.05) is 24.0 Å². The Labute approximate surface area is 137 Å². The predicted molar refractivity (Wildman–Crippen MR) is 84.8 cm³/mol. The fraction of sp³-hybridized carbons (Fsp3) is 0.267. The van der Waals surface area contributed by atoms with Gasteiger partial charge < -0.3 is 15.7 Å². The summed E-state index contributed by atoms with van der Waals surface area (Å²) in [6.07, 6.45) is 1.06. The number of nitrogens with one attached hydrogen (secondary N) is 2. The first-order chi connectivity index (χ1) is 11.3. The molecule has 9 nitrogen and oxygen atoms in total. The molecule has 0 aliphatic heterocycles. The van der Waals surface area contributed by atoms with E-state index < -0.39 is 22.8 Å². The van der Waals surface area contributed by atoms with Gasteiger partial charge in [-0.3, -0.25) is 14.9 Å². The van der Waals surface area contributed by atoms with Gasteiger partial charge in [-0.1, -0.05) is 19.9 Å². The lowest BCUT2D eigenvalue weighted by molar-refractivity contribution is -0.384. The number of nitro benzene ring substituents is 1. The minimum atomic E-state index is -1.21. The molecular formula is C15H16N4O5. The van der Waals surface area contributed by atoms with Crippen LogP contribution in [0.3, 0.4) is 0 Å². The Kier molecular flexibility index (Phi) is 6.43. The number of carboxylic acids is 1. The molecule has 0 saturated carbocycles. The number of carbonyl (C=O) groups excluding carboxylic acids is 1. The number of hydrogen-bond acceptors (Lipinski definition) is 6. The van der Waals surface area contributed by atoms with Crippen molar-refractivity contribution in [2.45, 2.75) is 19.9 Å². The van der Waals surface area contributed by atoms with Gasteiger partial charge in [0.1, 0.15) is 17.7 Å². The molecular weight excluding hydrogens is 316 g/mol. The van der Waals surface area contributed by atoms with Crippen molar-refractivity contribution < 1.29 is 19.6 Å². The number of non-ortho nitro benzene ring substituents is 1. The third-order valence-corrected chi connectivity index (χ3v) is 3.02. The largest absolute Gasteiger partial charge is 0.480 e. The average Bonchev–Trinajstić information content (AvgIpc) is 2.52. The number of anilines is 1. The smallest absolute Gasteiger partial charge is 0.326 e. The van der Waals surface area contributed by atoms with Crippen LogP contribution in [0.5, 0.6) is 0 Å². The zero-order valence-corrected chi connectivity index (χ0v) is 13.0. The number of nitro groups is 1. The molecule has 0 radical (unpaired) electrons. The van der Waals surface area contributed by atoms with Crippen LogP contribution in [-0.2, 0) is 9.59 Å². The van der Waals surface area contributed by atoms with E-state index in [0.717, 1.165) is 6.20 Å². The molecule has 0 aromatic heterocycles. The van der Waals surface area contributed by atoms with Crippen molar-refractivity contribution in [3.63, 3.8) is 0 Å². The molecule has 0 aliphatic rings. The van der Waals surface area contributed by atoms with E-state index in [0.29, 0.717) is 5.69 Å². The van der Waals surface area contributed by atoms with Gasteiger partial charge in [-0.25, -0.2) is 4.79 Å². The Hall–Kier alpha value is -3.41. The highest BCUT2D eigenvalue weighted by molar-refractivity contribution is 5.99. The van der Waals surface area contributed by atoms with Crippen LogP contribution in [0.1, 0.15) is 13.8 Å². The summed E-state index contributed by atoms with van der Waals surface area (Å²) in [5, 5.41) is 33.6. The van der Waals surface area contributed by atoms with E-state index in [9.17, 15) is 19.7 Å². The fourth-order valence-corrected chi connectivity index (χ4v) is 1.75. The Morgan fingerprint density at radius 1 is 1.42 bits per heavy atom. The van der Waals surface area contributed by atoms with E-state index in [1.165, 1.54) is 24.3 Å². The van der Waals surface area contributed by atoms with E-state index in [4.69, 9.17) is 10.4 Å². The van der Waals surface area contributed by atoms with Crippen LogP contribution in [0.15, 0.2) is 36.0 Å². The molecule has 0 bridgehead atoms. The normalized spacial score (nSPS) is 12.2. The molecule has 1 rings (SSSR count). The maximum atomic E-state index is 12.0. The van der Waals surface area contributed by atoms with Crippen LogP contribution in [0, 0.1) is 27.4 Å². The molecule has 3 N–H and O–H groups in total. The molecule has 24 heavy (non-hydrogen) atoms. The summed E-state index contributed by atoms with van der Waals surface area (Å²) >= 11 is 0. The van der Waals surface area contributed by atoms with Crippen LogP contribution in [-0.4, -0.2) is 27.9 Å². The highest BCUT2D eigenvalue weighted by Gasteiger charge is 2.24. The molecule has 1 amide bonds. The SMILES string of the molecule is CC(C)C(NC(=O)/C(C#N)=C\Nc1cccc([N+](=O)[O-])c1)C(=O)O. The highest BCUT2D eigenvalue weighted by Crippen LogP contribution is 2.17. The number of rotatable bonds is 7. The Balaban J connectivity index is 2.89. The number of carboxylic acid groups (broad SMARTS) is 1. The standard InChI is InChI=1S/C15H16N4O5/c1-9(2)13(15(21)22)18-14(20)10(7-16)8-17-11-4-3-5-12(6-11)19(23)24/h3-6,8-9,13,17H,1-2H3,(H,18,20)(H,21,22)/b10-8-. The number of nitrogens with zero attached hydrogens (tertiary/aromatic N) is 2. The average molecular weight is 332 g/mol. The molecule has 1 aromatic rings. The summed E-state index contributed by atoms with van der Waals surface area (Å²) in [4.78, 5) is 33.2. The van der Waals surface area contributed by atoms with Gasteiger partial charge in [0.05, 0.1) is 4.92 Å². The third-order valence-electron chi connectivity index (χ3n) is 3.02. The lowest BCUT2D eigenvalue weighted by Crippen LogP contribution is -2.44. The number of carbonyl (C=O) groups is 2. The van der Waals surface area contributed by atoms with E-state index in [2.05, 4.69) is 10.6 Å². The lowest BCUT2D eigenvalue weighted by Gasteiger charge is -2.17. The maximum absolute atomic E-state index is 12.0. The van der Waals surface area contributed by atoms with Crippen molar-refractivity contribution in [2.24, 2.45) is 5.92 Å². The van der Waals surface area contributed by atoms with E-state index >= 15 is 0 Å². The minimum Gasteiger partial charge on any atom is -0.480 e. The van der Waals surface area contributed by atoms with E-state index in [-0.39, 0.29) is 17.2 Å². The summed E-state index contributed by atoms with van der Waals surface area (Å²) in [6.45, 7) is 3.24. The van der Waals surface area contributed by atoms with Crippen molar-refractivity contribution in [3.05, 3.63) is 46.2 Å². The van der Waals surface area contributed by atoms with Crippen molar-refractivity contribution >= 4 is 23.3 Å². The quantitative estimate of drug-likeness (QED) is 0.298. The van der Waals surface area contributed by atoms with Crippen molar-refractivity contribution in [1.29, 1.82) is 5.26 Å². The Morgan fingerprint density at radius 3 is 2.58 bits per heavy atom. The summed E-state index contributed by atoms with van der Waals surface area (Å²) < 4.78 is 0. The monoisotopic (exact) mass is 332 g/mol. The molecule has 0 saturated heterocycles.